The van der Waals surface area contributed by atoms with E-state index >= 15 is 0 Å². The lowest BCUT2D eigenvalue weighted by molar-refractivity contribution is -0.0104. The number of aliphatic hydroxyl groups is 1. The van der Waals surface area contributed by atoms with Gasteiger partial charge in [-0.1, -0.05) is 32.0 Å². The molecule has 2 amide bonds. The minimum atomic E-state index is -0.755. The SMILES string of the molecule is CC(C)c1cnn2c(N(Cc3ccc4cccc(N(C)C)c4n3)C(=O)OC(C)(C)C)cc(NC[C@H]3CCN(C(=O)OC(C)(C)C)C[C@@H]3O)nc12. The van der Waals surface area contributed by atoms with E-state index in [2.05, 4.69) is 24.3 Å². The van der Waals surface area contributed by atoms with Crippen LogP contribution in [-0.4, -0.2) is 92.8 Å². The Labute approximate surface area is 294 Å². The summed E-state index contributed by atoms with van der Waals surface area (Å²) < 4.78 is 13.1. The molecule has 1 aromatic carbocycles. The van der Waals surface area contributed by atoms with E-state index in [0.717, 1.165) is 22.2 Å². The third-order valence-corrected chi connectivity index (χ3v) is 8.47. The standard InChI is InChI=1S/C37H52N8O5/c1-23(2)27-20-39-45-31(18-30(41-33(27)45)38-19-25-16-17-43(22-29(25)46)34(47)49-36(3,4)5)44(35(48)50-37(6,7)8)21-26-15-14-24-12-11-13-28(42(9)10)32(24)40-26/h11-15,18,20,23,25,29,46H,16-17,19,21-22H2,1-10H3,(H,38,41)/t25-,29+/m1/s1. The van der Waals surface area contributed by atoms with Gasteiger partial charge in [-0.15, -0.1) is 0 Å². The van der Waals surface area contributed by atoms with Crippen molar-refractivity contribution in [2.24, 2.45) is 5.92 Å². The minimum Gasteiger partial charge on any atom is -0.444 e. The van der Waals surface area contributed by atoms with Gasteiger partial charge in [-0.2, -0.15) is 9.61 Å². The van der Waals surface area contributed by atoms with Gasteiger partial charge in [0.15, 0.2) is 5.65 Å². The van der Waals surface area contributed by atoms with Crippen molar-refractivity contribution in [2.75, 3.05) is 48.8 Å². The lowest BCUT2D eigenvalue weighted by Gasteiger charge is -2.36. The second-order valence-corrected chi connectivity index (χ2v) is 15.5. The number of hydrogen-bond acceptors (Lipinski definition) is 10. The van der Waals surface area contributed by atoms with Crippen molar-refractivity contribution in [3.05, 3.63) is 53.9 Å². The molecule has 50 heavy (non-hydrogen) atoms. The number of aromatic nitrogens is 4. The van der Waals surface area contributed by atoms with Gasteiger partial charge >= 0.3 is 12.2 Å². The van der Waals surface area contributed by atoms with E-state index in [1.54, 1.807) is 26.6 Å². The Morgan fingerprint density at radius 3 is 2.40 bits per heavy atom. The Kier molecular flexibility index (Phi) is 10.5. The number of hydrogen-bond donors (Lipinski definition) is 2. The number of amides is 2. The van der Waals surface area contributed by atoms with Gasteiger partial charge in [0.25, 0.3) is 0 Å². The predicted molar refractivity (Wildman–Crippen MR) is 196 cm³/mol. The Morgan fingerprint density at radius 1 is 1.04 bits per heavy atom. The van der Waals surface area contributed by atoms with E-state index in [-0.39, 0.29) is 24.9 Å². The van der Waals surface area contributed by atoms with Gasteiger partial charge in [0.2, 0.25) is 0 Å². The summed E-state index contributed by atoms with van der Waals surface area (Å²) >= 11 is 0. The summed E-state index contributed by atoms with van der Waals surface area (Å²) in [7, 11) is 3.96. The number of para-hydroxylation sites is 1. The summed E-state index contributed by atoms with van der Waals surface area (Å²) in [4.78, 5) is 41.7. The number of piperidine rings is 1. The van der Waals surface area contributed by atoms with E-state index in [1.807, 2.05) is 90.9 Å². The number of fused-ring (bicyclic) bond motifs is 2. The number of benzene rings is 1. The van der Waals surface area contributed by atoms with Gasteiger partial charge in [0.05, 0.1) is 42.3 Å². The van der Waals surface area contributed by atoms with E-state index in [9.17, 15) is 14.7 Å². The number of anilines is 3. The van der Waals surface area contributed by atoms with E-state index in [4.69, 9.17) is 19.4 Å². The molecule has 2 atom stereocenters. The molecule has 270 valence electrons. The van der Waals surface area contributed by atoms with Crippen molar-refractivity contribution >= 4 is 46.1 Å². The molecule has 0 aliphatic carbocycles. The summed E-state index contributed by atoms with van der Waals surface area (Å²) in [6.45, 7) is 16.3. The van der Waals surface area contributed by atoms with Crippen LogP contribution in [-0.2, 0) is 16.0 Å². The van der Waals surface area contributed by atoms with E-state index < -0.39 is 29.5 Å². The van der Waals surface area contributed by atoms with Gasteiger partial charge in [0, 0.05) is 50.1 Å². The summed E-state index contributed by atoms with van der Waals surface area (Å²) in [5, 5.41) is 20.1. The molecule has 0 spiro atoms. The lowest BCUT2D eigenvalue weighted by atomic mass is 9.94. The van der Waals surface area contributed by atoms with Crippen molar-refractivity contribution in [3.8, 4) is 0 Å². The molecule has 4 aromatic rings. The van der Waals surface area contributed by atoms with Crippen LogP contribution in [0, 0.1) is 5.92 Å². The highest BCUT2D eigenvalue weighted by atomic mass is 16.6. The molecule has 0 unspecified atom stereocenters. The van der Waals surface area contributed by atoms with Crippen molar-refractivity contribution in [1.82, 2.24) is 24.5 Å². The molecule has 0 bridgehead atoms. The van der Waals surface area contributed by atoms with Gasteiger partial charge in [0.1, 0.15) is 22.8 Å². The van der Waals surface area contributed by atoms with Crippen LogP contribution in [0.3, 0.4) is 0 Å². The number of ether oxygens (including phenoxy) is 2. The number of nitrogens with zero attached hydrogens (tertiary/aromatic N) is 7. The molecule has 1 fully saturated rings. The van der Waals surface area contributed by atoms with Crippen molar-refractivity contribution < 1.29 is 24.2 Å². The number of nitrogens with one attached hydrogen (secondary N) is 1. The predicted octanol–water partition coefficient (Wildman–Crippen LogP) is 6.44. The van der Waals surface area contributed by atoms with Crippen LogP contribution in [0.15, 0.2) is 42.6 Å². The van der Waals surface area contributed by atoms with Crippen LogP contribution in [0.5, 0.6) is 0 Å². The van der Waals surface area contributed by atoms with Crippen LogP contribution < -0.4 is 15.1 Å². The smallest absolute Gasteiger partial charge is 0.416 e. The highest BCUT2D eigenvalue weighted by molar-refractivity contribution is 5.91. The Balaban J connectivity index is 1.49. The summed E-state index contributed by atoms with van der Waals surface area (Å²) in [6.07, 6.45) is 0.630. The first-order valence-electron chi connectivity index (χ1n) is 17.2. The maximum absolute atomic E-state index is 14.0. The molecule has 13 nitrogen and oxygen atoms in total. The quantitative estimate of drug-likeness (QED) is 0.213. The van der Waals surface area contributed by atoms with Gasteiger partial charge < -0.3 is 29.7 Å². The number of carbonyl (C=O) groups is 2. The Hall–Kier alpha value is -4.65. The number of pyridine rings is 1. The highest BCUT2D eigenvalue weighted by Crippen LogP contribution is 2.30. The normalized spacial score (nSPS) is 16.9. The maximum atomic E-state index is 14.0. The molecule has 0 radical (unpaired) electrons. The average molecular weight is 689 g/mol. The van der Waals surface area contributed by atoms with Crippen LogP contribution >= 0.6 is 0 Å². The van der Waals surface area contributed by atoms with Gasteiger partial charge in [-0.3, -0.25) is 4.90 Å². The second kappa shape index (κ2) is 14.3. The fourth-order valence-electron chi connectivity index (χ4n) is 5.94. The lowest BCUT2D eigenvalue weighted by Crippen LogP contribution is -2.49. The summed E-state index contributed by atoms with van der Waals surface area (Å²) in [5.74, 6) is 0.955. The number of rotatable bonds is 8. The first kappa shape index (κ1) is 36.6. The molecule has 3 aromatic heterocycles. The number of likely N-dealkylation sites (tertiary alicyclic amines) is 1. The zero-order valence-corrected chi connectivity index (χ0v) is 31.0. The first-order chi connectivity index (χ1) is 23.4. The third-order valence-electron chi connectivity index (χ3n) is 8.47. The van der Waals surface area contributed by atoms with Gasteiger partial charge in [-0.05, 0) is 66.0 Å². The summed E-state index contributed by atoms with van der Waals surface area (Å²) in [5.41, 5.74) is 2.64. The van der Waals surface area contributed by atoms with E-state index in [0.29, 0.717) is 42.5 Å². The monoisotopic (exact) mass is 688 g/mol. The Bertz CT molecular complexity index is 1840. The Morgan fingerprint density at radius 2 is 1.76 bits per heavy atom. The molecule has 4 heterocycles. The molecular weight excluding hydrogens is 636 g/mol. The zero-order valence-electron chi connectivity index (χ0n) is 31.0. The topological polar surface area (TPSA) is 138 Å². The fraction of sp³-hybridized carbons (Fsp3) is 0.541. The van der Waals surface area contributed by atoms with Crippen LogP contribution in [0.1, 0.15) is 79.0 Å². The van der Waals surface area contributed by atoms with E-state index in [1.165, 1.54) is 0 Å². The van der Waals surface area contributed by atoms with Crippen molar-refractivity contribution in [1.29, 1.82) is 0 Å². The maximum Gasteiger partial charge on any atom is 0.416 e. The summed E-state index contributed by atoms with van der Waals surface area (Å²) in [6, 6.07) is 11.8. The molecule has 2 N–H and O–H groups in total. The second-order valence-electron chi connectivity index (χ2n) is 15.5. The van der Waals surface area contributed by atoms with Crippen molar-refractivity contribution in [2.45, 2.75) is 91.6 Å². The number of carbonyl (C=O) groups excluding carboxylic acids is 2. The average Bonchev–Trinajstić information content (AvgIpc) is 3.45. The molecule has 5 rings (SSSR count). The van der Waals surface area contributed by atoms with Crippen molar-refractivity contribution in [3.63, 3.8) is 0 Å². The molecular formula is C37H52N8O5. The van der Waals surface area contributed by atoms with Crippen LogP contribution in [0.4, 0.5) is 26.9 Å². The molecule has 1 aliphatic rings. The number of aliphatic hydroxyl groups excluding tert-OH is 1. The van der Waals surface area contributed by atoms with Crippen LogP contribution in [0.25, 0.3) is 16.6 Å². The minimum absolute atomic E-state index is 0.115. The third kappa shape index (κ3) is 8.55. The van der Waals surface area contributed by atoms with Crippen LogP contribution in [0.2, 0.25) is 0 Å². The molecule has 1 saturated heterocycles. The zero-order chi connectivity index (χ0) is 36.5. The highest BCUT2D eigenvalue weighted by Gasteiger charge is 2.33. The first-order valence-corrected chi connectivity index (χ1v) is 17.2. The van der Waals surface area contributed by atoms with Gasteiger partial charge in [-0.25, -0.2) is 19.6 Å². The molecule has 0 saturated carbocycles. The molecule has 13 heteroatoms. The molecule has 1 aliphatic heterocycles. The largest absolute Gasteiger partial charge is 0.444 e. The fourth-order valence-corrected chi connectivity index (χ4v) is 5.94. The number of β-amino-alcohol motifs (C(OH)–C–C–N with tert-alkyl or cyclic N) is 1.